The third-order valence-electron chi connectivity index (χ3n) is 5.57. The third kappa shape index (κ3) is 5.47. The zero-order chi connectivity index (χ0) is 21.6. The molecule has 0 aliphatic carbocycles. The Balaban J connectivity index is 1.64. The van der Waals surface area contributed by atoms with Gasteiger partial charge in [0.15, 0.2) is 0 Å². The number of rotatable bonds is 9. The summed E-state index contributed by atoms with van der Waals surface area (Å²) in [6.45, 7) is 7.82. The summed E-state index contributed by atoms with van der Waals surface area (Å²) in [6.07, 6.45) is 3.59. The van der Waals surface area contributed by atoms with Gasteiger partial charge in [0.25, 0.3) is 5.91 Å². The van der Waals surface area contributed by atoms with Crippen molar-refractivity contribution in [2.24, 2.45) is 0 Å². The van der Waals surface area contributed by atoms with Gasteiger partial charge in [0.1, 0.15) is 0 Å². The largest absolute Gasteiger partial charge is 0.322 e. The fraction of sp³-hybridized carbons (Fsp3) is 0.435. The summed E-state index contributed by atoms with van der Waals surface area (Å²) in [4.78, 5) is 15.3. The molecule has 0 radical (unpaired) electrons. The smallest absolute Gasteiger partial charge is 0.255 e. The molecule has 30 heavy (non-hydrogen) atoms. The van der Waals surface area contributed by atoms with Crippen LogP contribution < -0.4 is 5.32 Å². The van der Waals surface area contributed by atoms with Crippen molar-refractivity contribution in [1.29, 1.82) is 0 Å². The van der Waals surface area contributed by atoms with E-state index in [1.165, 1.54) is 47.9 Å². The minimum Gasteiger partial charge on any atom is -0.322 e. The highest BCUT2D eigenvalue weighted by molar-refractivity contribution is 7.89. The molecule has 1 fully saturated rings. The SMILES string of the molecule is CCN(CC)S(=O)(=O)c1cccc(C(=O)Nc2ccc(CCN3CCCC3)cc2)c1. The molecule has 162 valence electrons. The Morgan fingerprint density at radius 2 is 1.70 bits per heavy atom. The first-order valence-corrected chi connectivity index (χ1v) is 12.1. The highest BCUT2D eigenvalue weighted by Gasteiger charge is 2.22. The van der Waals surface area contributed by atoms with Crippen LogP contribution in [0.1, 0.15) is 42.6 Å². The number of carbonyl (C=O) groups excluding carboxylic acids is 1. The Morgan fingerprint density at radius 1 is 1.03 bits per heavy atom. The van der Waals surface area contributed by atoms with Crippen LogP contribution in [0.4, 0.5) is 5.69 Å². The molecule has 1 amide bonds. The van der Waals surface area contributed by atoms with Crippen molar-refractivity contribution in [3.8, 4) is 0 Å². The first-order valence-electron chi connectivity index (χ1n) is 10.7. The van der Waals surface area contributed by atoms with Crippen LogP contribution in [0.2, 0.25) is 0 Å². The summed E-state index contributed by atoms with van der Waals surface area (Å²) >= 11 is 0. The predicted molar refractivity (Wildman–Crippen MR) is 120 cm³/mol. The van der Waals surface area contributed by atoms with E-state index in [0.717, 1.165) is 13.0 Å². The van der Waals surface area contributed by atoms with Crippen LogP contribution in [0.15, 0.2) is 53.4 Å². The summed E-state index contributed by atoms with van der Waals surface area (Å²) in [5.41, 5.74) is 2.26. The molecule has 0 atom stereocenters. The minimum atomic E-state index is -3.60. The first-order chi connectivity index (χ1) is 14.4. The van der Waals surface area contributed by atoms with Crippen LogP contribution in [0.25, 0.3) is 0 Å². The minimum absolute atomic E-state index is 0.135. The van der Waals surface area contributed by atoms with E-state index in [1.807, 2.05) is 24.3 Å². The van der Waals surface area contributed by atoms with E-state index < -0.39 is 10.0 Å². The zero-order valence-electron chi connectivity index (χ0n) is 17.8. The topological polar surface area (TPSA) is 69.7 Å². The molecule has 1 N–H and O–H groups in total. The standard InChI is InChI=1S/C23H31N3O3S/c1-3-26(4-2)30(28,29)22-9-7-8-20(18-22)23(27)24-21-12-10-19(11-13-21)14-17-25-15-5-6-16-25/h7-13,18H,3-6,14-17H2,1-2H3,(H,24,27). The fourth-order valence-electron chi connectivity index (χ4n) is 3.76. The molecule has 0 bridgehead atoms. The van der Waals surface area contributed by atoms with Gasteiger partial charge >= 0.3 is 0 Å². The second-order valence-electron chi connectivity index (χ2n) is 7.57. The van der Waals surface area contributed by atoms with Crippen molar-refractivity contribution >= 4 is 21.6 Å². The summed E-state index contributed by atoms with van der Waals surface area (Å²) in [5.74, 6) is -0.323. The number of benzene rings is 2. The molecular formula is C23H31N3O3S. The average molecular weight is 430 g/mol. The van der Waals surface area contributed by atoms with Crippen molar-refractivity contribution < 1.29 is 13.2 Å². The Bertz CT molecular complexity index is 948. The van der Waals surface area contributed by atoms with E-state index in [1.54, 1.807) is 26.0 Å². The number of anilines is 1. The van der Waals surface area contributed by atoms with Gasteiger partial charge in [-0.1, -0.05) is 32.0 Å². The number of carbonyl (C=O) groups is 1. The molecule has 1 heterocycles. The molecule has 0 saturated carbocycles. The lowest BCUT2D eigenvalue weighted by atomic mass is 10.1. The van der Waals surface area contributed by atoms with Crippen molar-refractivity contribution in [3.05, 3.63) is 59.7 Å². The number of amides is 1. The number of sulfonamides is 1. The lowest BCUT2D eigenvalue weighted by Crippen LogP contribution is -2.30. The second-order valence-corrected chi connectivity index (χ2v) is 9.50. The lowest BCUT2D eigenvalue weighted by Gasteiger charge is -2.18. The number of nitrogens with zero attached hydrogens (tertiary/aromatic N) is 2. The maximum atomic E-state index is 12.7. The van der Waals surface area contributed by atoms with Crippen molar-refractivity contribution in [2.75, 3.05) is 38.0 Å². The maximum absolute atomic E-state index is 12.7. The molecule has 1 aliphatic heterocycles. The normalized spacial score (nSPS) is 14.9. The quantitative estimate of drug-likeness (QED) is 0.661. The van der Waals surface area contributed by atoms with E-state index >= 15 is 0 Å². The van der Waals surface area contributed by atoms with E-state index in [9.17, 15) is 13.2 Å². The summed E-state index contributed by atoms with van der Waals surface area (Å²) in [5, 5.41) is 2.86. The molecule has 3 rings (SSSR count). The van der Waals surface area contributed by atoms with Gasteiger partial charge in [0, 0.05) is 30.9 Å². The molecule has 6 nitrogen and oxygen atoms in total. The van der Waals surface area contributed by atoms with E-state index in [-0.39, 0.29) is 10.8 Å². The average Bonchev–Trinajstić information content (AvgIpc) is 3.28. The van der Waals surface area contributed by atoms with Crippen LogP contribution >= 0.6 is 0 Å². The second kappa shape index (κ2) is 10.2. The van der Waals surface area contributed by atoms with Gasteiger partial charge in [-0.3, -0.25) is 4.79 Å². The summed E-state index contributed by atoms with van der Waals surface area (Å²) in [6, 6.07) is 14.1. The van der Waals surface area contributed by atoms with Crippen LogP contribution in [0.3, 0.4) is 0 Å². The van der Waals surface area contributed by atoms with E-state index in [2.05, 4.69) is 10.2 Å². The summed E-state index contributed by atoms with van der Waals surface area (Å²) in [7, 11) is -3.60. The van der Waals surface area contributed by atoms with Gasteiger partial charge in [-0.15, -0.1) is 0 Å². The zero-order valence-corrected chi connectivity index (χ0v) is 18.6. The van der Waals surface area contributed by atoms with Crippen molar-refractivity contribution in [2.45, 2.75) is 38.0 Å². The predicted octanol–water partition coefficient (Wildman–Crippen LogP) is 3.61. The van der Waals surface area contributed by atoms with Crippen molar-refractivity contribution in [3.63, 3.8) is 0 Å². The highest BCUT2D eigenvalue weighted by Crippen LogP contribution is 2.19. The molecule has 1 saturated heterocycles. The monoisotopic (exact) mass is 429 g/mol. The number of hydrogen-bond donors (Lipinski definition) is 1. The van der Waals surface area contributed by atoms with Gasteiger partial charge < -0.3 is 10.2 Å². The van der Waals surface area contributed by atoms with Crippen molar-refractivity contribution in [1.82, 2.24) is 9.21 Å². The maximum Gasteiger partial charge on any atom is 0.255 e. The van der Waals surface area contributed by atoms with Crippen LogP contribution in [0.5, 0.6) is 0 Å². The Morgan fingerprint density at radius 3 is 2.33 bits per heavy atom. The van der Waals surface area contributed by atoms with Gasteiger partial charge in [0.05, 0.1) is 4.90 Å². The molecule has 0 unspecified atom stereocenters. The highest BCUT2D eigenvalue weighted by atomic mass is 32.2. The molecule has 7 heteroatoms. The number of nitrogens with one attached hydrogen (secondary N) is 1. The number of likely N-dealkylation sites (tertiary alicyclic amines) is 1. The summed E-state index contributed by atoms with van der Waals surface area (Å²) < 4.78 is 26.8. The third-order valence-corrected chi connectivity index (χ3v) is 7.61. The lowest BCUT2D eigenvalue weighted by molar-refractivity contribution is 0.102. The van der Waals surface area contributed by atoms with Crippen LogP contribution in [-0.2, 0) is 16.4 Å². The van der Waals surface area contributed by atoms with Gasteiger partial charge in [-0.05, 0) is 68.2 Å². The van der Waals surface area contributed by atoms with Gasteiger partial charge in [0.2, 0.25) is 10.0 Å². The van der Waals surface area contributed by atoms with E-state index in [0.29, 0.717) is 24.3 Å². The van der Waals surface area contributed by atoms with Crippen LogP contribution in [-0.4, -0.2) is 56.3 Å². The molecular weight excluding hydrogens is 398 g/mol. The molecule has 2 aromatic carbocycles. The molecule has 2 aromatic rings. The molecule has 0 spiro atoms. The molecule has 1 aliphatic rings. The first kappa shape index (κ1) is 22.5. The molecule has 0 aromatic heterocycles. The van der Waals surface area contributed by atoms with Crippen LogP contribution in [0, 0.1) is 0 Å². The Labute approximate surface area is 179 Å². The van der Waals surface area contributed by atoms with E-state index in [4.69, 9.17) is 0 Å². The van der Waals surface area contributed by atoms with Gasteiger partial charge in [-0.25, -0.2) is 8.42 Å². The Kier molecular flexibility index (Phi) is 7.64. The van der Waals surface area contributed by atoms with Gasteiger partial charge in [-0.2, -0.15) is 4.31 Å². The Hall–Kier alpha value is -2.22. The number of hydrogen-bond acceptors (Lipinski definition) is 4. The fourth-order valence-corrected chi connectivity index (χ4v) is 5.27.